The Morgan fingerprint density at radius 2 is 1.71 bits per heavy atom. The number of carbonyl (C=O) groups excluding carboxylic acids is 1. The molecule has 1 atom stereocenters. The molecule has 0 fully saturated rings. The van der Waals surface area contributed by atoms with Crippen LogP contribution in [0.25, 0.3) is 5.57 Å². The molecule has 1 amide bonds. The van der Waals surface area contributed by atoms with Gasteiger partial charge in [0.15, 0.2) is 11.1 Å². The standard InChI is InChI=1S/C24H21ClN2O3S/c25-21-9-7-18(8-10-21)23-14-27(12-16-1-3-17(4-2-16)15-31(29)30)13-20-6-5-19(24(26)28)11-22(20)23/h1-11,14H,12-13,15H2,(H2,26,28)(H,29,30). The van der Waals surface area contributed by atoms with Crippen molar-refractivity contribution >= 4 is 34.2 Å². The van der Waals surface area contributed by atoms with Crippen LogP contribution in [-0.4, -0.2) is 19.6 Å². The molecule has 0 aliphatic carbocycles. The van der Waals surface area contributed by atoms with E-state index in [0.717, 1.165) is 33.4 Å². The van der Waals surface area contributed by atoms with Crippen molar-refractivity contribution in [3.63, 3.8) is 0 Å². The highest BCUT2D eigenvalue weighted by molar-refractivity contribution is 7.78. The van der Waals surface area contributed by atoms with Crippen molar-refractivity contribution in [3.8, 4) is 0 Å². The molecule has 0 radical (unpaired) electrons. The van der Waals surface area contributed by atoms with Crippen LogP contribution in [0.4, 0.5) is 0 Å². The lowest BCUT2D eigenvalue weighted by atomic mass is 9.90. The Morgan fingerprint density at radius 1 is 1.03 bits per heavy atom. The third kappa shape index (κ3) is 5.05. The van der Waals surface area contributed by atoms with Crippen LogP contribution in [0.15, 0.2) is 72.9 Å². The minimum atomic E-state index is -1.85. The maximum absolute atomic E-state index is 11.7. The van der Waals surface area contributed by atoms with Crippen LogP contribution in [0, 0.1) is 0 Å². The van der Waals surface area contributed by atoms with E-state index in [1.807, 2.05) is 60.7 Å². The first-order valence-electron chi connectivity index (χ1n) is 9.69. The van der Waals surface area contributed by atoms with Gasteiger partial charge in [-0.3, -0.25) is 4.79 Å². The van der Waals surface area contributed by atoms with Crippen molar-refractivity contribution in [1.29, 1.82) is 0 Å². The van der Waals surface area contributed by atoms with Crippen LogP contribution in [0.3, 0.4) is 0 Å². The fraction of sp³-hybridized carbons (Fsp3) is 0.125. The average molecular weight is 453 g/mol. The molecule has 1 heterocycles. The first kappa shape index (κ1) is 21.3. The molecule has 1 aliphatic heterocycles. The Morgan fingerprint density at radius 3 is 2.35 bits per heavy atom. The maximum atomic E-state index is 11.7. The van der Waals surface area contributed by atoms with Gasteiger partial charge < -0.3 is 15.2 Å². The molecule has 3 aromatic carbocycles. The van der Waals surface area contributed by atoms with Crippen molar-refractivity contribution in [2.45, 2.75) is 18.8 Å². The first-order chi connectivity index (χ1) is 14.9. The quantitative estimate of drug-likeness (QED) is 0.537. The summed E-state index contributed by atoms with van der Waals surface area (Å²) in [5.41, 5.74) is 12.0. The topological polar surface area (TPSA) is 83.6 Å². The monoisotopic (exact) mass is 452 g/mol. The fourth-order valence-electron chi connectivity index (χ4n) is 3.71. The number of hydrogen-bond acceptors (Lipinski definition) is 3. The van der Waals surface area contributed by atoms with Gasteiger partial charge in [0.2, 0.25) is 5.91 Å². The number of fused-ring (bicyclic) bond motifs is 1. The van der Waals surface area contributed by atoms with E-state index in [1.54, 1.807) is 6.07 Å². The number of primary amides is 1. The van der Waals surface area contributed by atoms with E-state index < -0.39 is 17.0 Å². The zero-order chi connectivity index (χ0) is 22.0. The van der Waals surface area contributed by atoms with Gasteiger partial charge in [-0.2, -0.15) is 0 Å². The second-order valence-corrected chi connectivity index (χ2v) is 8.84. The normalized spacial score (nSPS) is 14.0. The van der Waals surface area contributed by atoms with Crippen LogP contribution < -0.4 is 5.73 Å². The van der Waals surface area contributed by atoms with Crippen molar-refractivity contribution in [2.75, 3.05) is 0 Å². The Kier molecular flexibility index (Phi) is 6.23. The molecule has 0 aromatic heterocycles. The van der Waals surface area contributed by atoms with Gasteiger partial charge in [-0.15, -0.1) is 0 Å². The molecule has 4 rings (SSSR count). The molecular weight excluding hydrogens is 432 g/mol. The first-order valence-corrected chi connectivity index (χ1v) is 11.3. The van der Waals surface area contributed by atoms with E-state index in [0.29, 0.717) is 23.7 Å². The van der Waals surface area contributed by atoms with Gasteiger partial charge in [-0.25, -0.2) is 4.21 Å². The Labute approximate surface area is 188 Å². The maximum Gasteiger partial charge on any atom is 0.248 e. The van der Waals surface area contributed by atoms with Gasteiger partial charge >= 0.3 is 0 Å². The average Bonchev–Trinajstić information content (AvgIpc) is 2.74. The highest BCUT2D eigenvalue weighted by Crippen LogP contribution is 2.34. The SMILES string of the molecule is NC(=O)c1ccc2c(c1)C(c1ccc(Cl)cc1)=CN(Cc1ccc(CS(=O)O)cc1)C2. The van der Waals surface area contributed by atoms with Gasteiger partial charge in [0.05, 0.1) is 5.75 Å². The molecule has 31 heavy (non-hydrogen) atoms. The van der Waals surface area contributed by atoms with Gasteiger partial charge in [0.1, 0.15) is 0 Å². The summed E-state index contributed by atoms with van der Waals surface area (Å²) >= 11 is 4.22. The van der Waals surface area contributed by atoms with Crippen molar-refractivity contribution in [1.82, 2.24) is 4.90 Å². The summed E-state index contributed by atoms with van der Waals surface area (Å²) in [5.74, 6) is -0.329. The summed E-state index contributed by atoms with van der Waals surface area (Å²) in [5, 5.41) is 0.659. The Bertz CT molecular complexity index is 1170. The lowest BCUT2D eigenvalue weighted by Crippen LogP contribution is -2.22. The Hall–Kier alpha value is -2.93. The van der Waals surface area contributed by atoms with Crippen LogP contribution in [0.1, 0.15) is 38.2 Å². The molecule has 0 spiro atoms. The fourth-order valence-corrected chi connectivity index (χ4v) is 4.32. The smallest absolute Gasteiger partial charge is 0.248 e. The molecule has 7 heteroatoms. The van der Waals surface area contributed by atoms with E-state index in [1.165, 1.54) is 0 Å². The predicted molar refractivity (Wildman–Crippen MR) is 124 cm³/mol. The predicted octanol–water partition coefficient (Wildman–Crippen LogP) is 4.57. The van der Waals surface area contributed by atoms with Crippen molar-refractivity contribution in [2.24, 2.45) is 5.73 Å². The van der Waals surface area contributed by atoms with E-state index in [-0.39, 0.29) is 5.75 Å². The summed E-state index contributed by atoms with van der Waals surface area (Å²) in [4.78, 5) is 13.9. The molecular formula is C24H21ClN2O3S. The molecule has 158 valence electrons. The molecule has 1 aliphatic rings. The van der Waals surface area contributed by atoms with Crippen LogP contribution in [-0.2, 0) is 29.9 Å². The van der Waals surface area contributed by atoms with Crippen molar-refractivity contribution < 1.29 is 13.6 Å². The largest absolute Gasteiger partial charge is 0.368 e. The van der Waals surface area contributed by atoms with E-state index in [4.69, 9.17) is 21.9 Å². The molecule has 1 unspecified atom stereocenters. The van der Waals surface area contributed by atoms with Crippen LogP contribution in [0.2, 0.25) is 5.02 Å². The number of nitrogens with zero attached hydrogens (tertiary/aromatic N) is 1. The lowest BCUT2D eigenvalue weighted by Gasteiger charge is -2.29. The second-order valence-electron chi connectivity index (χ2n) is 7.47. The van der Waals surface area contributed by atoms with Gasteiger partial charge in [-0.1, -0.05) is 54.1 Å². The molecule has 0 saturated heterocycles. The molecule has 3 N–H and O–H groups in total. The van der Waals surface area contributed by atoms with Crippen LogP contribution in [0.5, 0.6) is 0 Å². The number of rotatable bonds is 6. The third-order valence-electron chi connectivity index (χ3n) is 5.22. The molecule has 0 bridgehead atoms. The summed E-state index contributed by atoms with van der Waals surface area (Å²) in [6, 6.07) is 20.9. The van der Waals surface area contributed by atoms with Gasteiger partial charge in [-0.05, 0) is 52.1 Å². The van der Waals surface area contributed by atoms with Crippen molar-refractivity contribution in [3.05, 3.63) is 111 Å². The number of amides is 1. The van der Waals surface area contributed by atoms with Gasteiger partial charge in [0.25, 0.3) is 0 Å². The van der Waals surface area contributed by atoms with Gasteiger partial charge in [0, 0.05) is 35.4 Å². The summed E-state index contributed by atoms with van der Waals surface area (Å²) in [7, 11) is 0. The second kappa shape index (κ2) is 9.06. The zero-order valence-corrected chi connectivity index (χ0v) is 18.2. The summed E-state index contributed by atoms with van der Waals surface area (Å²) in [6.07, 6.45) is 2.09. The lowest BCUT2D eigenvalue weighted by molar-refractivity contribution is 0.1000. The third-order valence-corrected chi connectivity index (χ3v) is 6.06. The molecule has 0 saturated carbocycles. The minimum absolute atomic E-state index is 0.125. The minimum Gasteiger partial charge on any atom is -0.368 e. The van der Waals surface area contributed by atoms with E-state index in [9.17, 15) is 9.00 Å². The highest BCUT2D eigenvalue weighted by Gasteiger charge is 2.20. The Balaban J connectivity index is 1.67. The number of benzene rings is 3. The number of halogens is 1. The number of hydrogen-bond donors (Lipinski definition) is 2. The van der Waals surface area contributed by atoms with E-state index >= 15 is 0 Å². The molecule has 5 nitrogen and oxygen atoms in total. The number of carbonyl (C=O) groups is 1. The summed E-state index contributed by atoms with van der Waals surface area (Å²) in [6.45, 7) is 1.37. The highest BCUT2D eigenvalue weighted by atomic mass is 35.5. The number of nitrogens with two attached hydrogens (primary N) is 1. The zero-order valence-electron chi connectivity index (χ0n) is 16.6. The van der Waals surface area contributed by atoms with E-state index in [2.05, 4.69) is 11.1 Å². The summed E-state index contributed by atoms with van der Waals surface area (Å²) < 4.78 is 20.1. The molecule has 3 aromatic rings. The van der Waals surface area contributed by atoms with Crippen LogP contribution >= 0.6 is 11.6 Å².